The molecule has 130 valence electrons. The summed E-state index contributed by atoms with van der Waals surface area (Å²) in [6.45, 7) is 12.3. The van der Waals surface area contributed by atoms with Gasteiger partial charge in [-0.2, -0.15) is 0 Å². The molecule has 1 amide bonds. The smallest absolute Gasteiger partial charge is 0.408 e. The second-order valence-corrected chi connectivity index (χ2v) is 6.37. The maximum atomic E-state index is 11.8. The van der Waals surface area contributed by atoms with Crippen LogP contribution in [0.2, 0.25) is 0 Å². The Morgan fingerprint density at radius 3 is 2.58 bits per heavy atom. The second kappa shape index (κ2) is 8.91. The number of hydrogen-bond acceptors (Lipinski definition) is 3. The van der Waals surface area contributed by atoms with Crippen LogP contribution in [0.25, 0.3) is 0 Å². The molecule has 1 aromatic rings. The number of carbonyl (C=O) groups excluding carboxylic acids is 1. The molecule has 1 atom stereocenters. The van der Waals surface area contributed by atoms with E-state index in [9.17, 15) is 4.79 Å². The molecule has 2 rings (SSSR count). The minimum Gasteiger partial charge on any atom is -0.444 e. The molecule has 0 aliphatic heterocycles. The number of amides is 1. The van der Waals surface area contributed by atoms with Crippen LogP contribution in [-0.2, 0) is 11.2 Å². The van der Waals surface area contributed by atoms with Crippen LogP contribution < -0.4 is 11.1 Å². The van der Waals surface area contributed by atoms with Crippen LogP contribution in [0, 0.1) is 0 Å². The molecule has 1 aliphatic rings. The Kier molecular flexibility index (Phi) is 7.24. The summed E-state index contributed by atoms with van der Waals surface area (Å²) in [5.41, 5.74) is 7.98. The molecule has 0 aromatic heterocycles. The zero-order valence-electron chi connectivity index (χ0n) is 14.7. The second-order valence-electron chi connectivity index (χ2n) is 6.37. The first-order chi connectivity index (χ1) is 11.3. The van der Waals surface area contributed by atoms with Crippen molar-refractivity contribution in [1.29, 1.82) is 0 Å². The Labute approximate surface area is 144 Å². The Morgan fingerprint density at radius 2 is 2.04 bits per heavy atom. The number of ether oxygens (including phenoxy) is 1. The number of carbonyl (C=O) groups is 1. The van der Waals surface area contributed by atoms with Gasteiger partial charge in [-0.25, -0.2) is 9.79 Å². The lowest BCUT2D eigenvalue weighted by Crippen LogP contribution is -2.34. The van der Waals surface area contributed by atoms with Crippen molar-refractivity contribution in [2.75, 3.05) is 0 Å². The predicted octanol–water partition coefficient (Wildman–Crippen LogP) is 4.18. The minimum atomic E-state index is -0.481. The summed E-state index contributed by atoms with van der Waals surface area (Å²) in [4.78, 5) is 15.9. The molecule has 0 heterocycles. The van der Waals surface area contributed by atoms with Crippen LogP contribution in [0.3, 0.4) is 0 Å². The molecule has 1 aromatic carbocycles. The summed E-state index contributed by atoms with van der Waals surface area (Å²) in [6.07, 6.45) is 5.99. The van der Waals surface area contributed by atoms with Gasteiger partial charge in [-0.05, 0) is 56.9 Å². The molecular weight excluding hydrogens is 302 g/mol. The molecular formula is C19H27N3O2. The Bertz CT molecular complexity index is 610. The third kappa shape index (κ3) is 6.28. The quantitative estimate of drug-likeness (QED) is 0.496. The predicted molar refractivity (Wildman–Crippen MR) is 99.6 cm³/mol. The van der Waals surface area contributed by atoms with Crippen LogP contribution >= 0.6 is 0 Å². The van der Waals surface area contributed by atoms with Gasteiger partial charge in [0.15, 0.2) is 0 Å². The van der Waals surface area contributed by atoms with Gasteiger partial charge >= 0.3 is 6.09 Å². The van der Waals surface area contributed by atoms with E-state index in [0.29, 0.717) is 0 Å². The molecule has 0 radical (unpaired) electrons. The van der Waals surface area contributed by atoms with Gasteiger partial charge in [0.2, 0.25) is 0 Å². The number of fused-ring (bicyclic) bond motifs is 1. The van der Waals surface area contributed by atoms with E-state index in [-0.39, 0.29) is 12.1 Å². The zero-order chi connectivity index (χ0) is 18.2. The van der Waals surface area contributed by atoms with Crippen LogP contribution in [0.5, 0.6) is 0 Å². The summed E-state index contributed by atoms with van der Waals surface area (Å²) >= 11 is 0. The molecule has 1 aliphatic carbocycles. The first-order valence-electron chi connectivity index (χ1n) is 7.90. The van der Waals surface area contributed by atoms with E-state index in [1.54, 1.807) is 12.2 Å². The number of nitrogens with one attached hydrogen (secondary N) is 1. The number of rotatable bonds is 3. The first kappa shape index (κ1) is 19.5. The van der Waals surface area contributed by atoms with Crippen molar-refractivity contribution in [3.63, 3.8) is 0 Å². The van der Waals surface area contributed by atoms with Crippen LogP contribution in [0.1, 0.15) is 44.4 Å². The molecule has 1 unspecified atom stereocenters. The molecule has 0 fully saturated rings. The monoisotopic (exact) mass is 329 g/mol. The Balaban J connectivity index is 0.000000648. The Hall–Kier alpha value is -2.56. The molecule has 5 heteroatoms. The van der Waals surface area contributed by atoms with Crippen LogP contribution in [0.15, 0.2) is 48.5 Å². The highest BCUT2D eigenvalue weighted by molar-refractivity contribution is 5.69. The molecule has 3 N–H and O–H groups in total. The topological polar surface area (TPSA) is 76.7 Å². The maximum Gasteiger partial charge on any atom is 0.408 e. The average Bonchev–Trinajstić information content (AvgIpc) is 2.88. The number of aliphatic imine (C=N–C) groups is 1. The van der Waals surface area contributed by atoms with E-state index in [1.807, 2.05) is 39.0 Å². The van der Waals surface area contributed by atoms with E-state index < -0.39 is 5.60 Å². The highest BCUT2D eigenvalue weighted by Crippen LogP contribution is 2.33. The van der Waals surface area contributed by atoms with Crippen LogP contribution in [-0.4, -0.2) is 18.0 Å². The third-order valence-corrected chi connectivity index (χ3v) is 3.29. The molecule has 0 bridgehead atoms. The number of nitrogens with zero attached hydrogens (tertiary/aromatic N) is 1. The standard InChI is InChI=1S/C15H21N3O2.C4H6/c1-15(2,3)20-14(19)18-13-7-4-10-8-11(17-9-16)5-6-12(10)13;1-3-4-2/h5-6,8-9,13H,4,7H2,1-3H3,(H2,16,17)(H,18,19);3-4H,1-2H2. The van der Waals surface area contributed by atoms with E-state index in [4.69, 9.17) is 10.5 Å². The highest BCUT2D eigenvalue weighted by atomic mass is 16.6. The largest absolute Gasteiger partial charge is 0.444 e. The summed E-state index contributed by atoms with van der Waals surface area (Å²) < 4.78 is 5.29. The molecule has 24 heavy (non-hydrogen) atoms. The van der Waals surface area contributed by atoms with Crippen molar-refractivity contribution >= 4 is 18.1 Å². The van der Waals surface area contributed by atoms with Gasteiger partial charge in [-0.15, -0.1) is 0 Å². The van der Waals surface area contributed by atoms with E-state index in [2.05, 4.69) is 23.5 Å². The molecule has 0 saturated heterocycles. The lowest BCUT2D eigenvalue weighted by Gasteiger charge is -2.22. The van der Waals surface area contributed by atoms with E-state index in [1.165, 1.54) is 11.9 Å². The van der Waals surface area contributed by atoms with Gasteiger partial charge in [0.1, 0.15) is 5.60 Å². The number of allylic oxidation sites excluding steroid dienone is 2. The van der Waals surface area contributed by atoms with Crippen molar-refractivity contribution in [1.82, 2.24) is 5.32 Å². The van der Waals surface area contributed by atoms with E-state index in [0.717, 1.165) is 24.1 Å². The van der Waals surface area contributed by atoms with Crippen molar-refractivity contribution < 1.29 is 9.53 Å². The fraction of sp³-hybridized carbons (Fsp3) is 0.368. The average molecular weight is 329 g/mol. The SMILES string of the molecule is C=CC=C.CC(C)(C)OC(=O)NC1CCc2cc(N=CN)ccc21. The van der Waals surface area contributed by atoms with Gasteiger partial charge in [-0.1, -0.05) is 31.4 Å². The van der Waals surface area contributed by atoms with E-state index >= 15 is 0 Å². The highest BCUT2D eigenvalue weighted by Gasteiger charge is 2.26. The maximum absolute atomic E-state index is 11.8. The van der Waals surface area contributed by atoms with Gasteiger partial charge in [0.05, 0.1) is 18.1 Å². The minimum absolute atomic E-state index is 0.00996. The lowest BCUT2D eigenvalue weighted by molar-refractivity contribution is 0.0503. The summed E-state index contributed by atoms with van der Waals surface area (Å²) in [5, 5.41) is 2.92. The number of alkyl carbamates (subject to hydrolysis) is 1. The van der Waals surface area contributed by atoms with Crippen molar-refractivity contribution in [2.24, 2.45) is 10.7 Å². The number of benzene rings is 1. The lowest BCUT2D eigenvalue weighted by atomic mass is 10.1. The van der Waals surface area contributed by atoms with Gasteiger partial charge in [-0.3, -0.25) is 0 Å². The fourth-order valence-electron chi connectivity index (χ4n) is 2.37. The molecule has 0 spiro atoms. The van der Waals surface area contributed by atoms with Crippen LogP contribution in [0.4, 0.5) is 10.5 Å². The summed E-state index contributed by atoms with van der Waals surface area (Å²) in [5.74, 6) is 0. The summed E-state index contributed by atoms with van der Waals surface area (Å²) in [6, 6.07) is 5.91. The van der Waals surface area contributed by atoms with Crippen molar-refractivity contribution in [2.45, 2.75) is 45.3 Å². The van der Waals surface area contributed by atoms with Crippen molar-refractivity contribution in [3.8, 4) is 0 Å². The Morgan fingerprint density at radius 1 is 1.38 bits per heavy atom. The third-order valence-electron chi connectivity index (χ3n) is 3.29. The first-order valence-corrected chi connectivity index (χ1v) is 7.90. The van der Waals surface area contributed by atoms with Gasteiger partial charge in [0.25, 0.3) is 0 Å². The van der Waals surface area contributed by atoms with Gasteiger partial charge in [0, 0.05) is 0 Å². The summed E-state index contributed by atoms with van der Waals surface area (Å²) in [7, 11) is 0. The number of aryl methyl sites for hydroxylation is 1. The normalized spacial score (nSPS) is 15.9. The number of hydrogen-bond donors (Lipinski definition) is 2. The van der Waals surface area contributed by atoms with Gasteiger partial charge < -0.3 is 15.8 Å². The number of nitrogens with two attached hydrogens (primary N) is 1. The molecule has 5 nitrogen and oxygen atoms in total. The fourth-order valence-corrected chi connectivity index (χ4v) is 2.37. The zero-order valence-corrected chi connectivity index (χ0v) is 14.7. The van der Waals surface area contributed by atoms with Crippen molar-refractivity contribution in [3.05, 3.63) is 54.6 Å². The molecule has 0 saturated carbocycles.